The highest BCUT2D eigenvalue weighted by Crippen LogP contribution is 2.25. The molecule has 2 rings (SSSR count). The zero-order chi connectivity index (χ0) is 21.8. The molecule has 2 aromatic rings. The lowest BCUT2D eigenvalue weighted by atomic mass is 10.2. The van der Waals surface area contributed by atoms with Gasteiger partial charge in [0.25, 0.3) is 5.91 Å². The van der Waals surface area contributed by atoms with Gasteiger partial charge in [-0.25, -0.2) is 17.8 Å². The largest absolute Gasteiger partial charge is 0.386 e. The number of amidine groups is 1. The first-order chi connectivity index (χ1) is 13.5. The number of aliphatic imine (C=N–C) groups is 1. The molecule has 152 valence electrons. The molecule has 29 heavy (non-hydrogen) atoms. The Hall–Kier alpha value is -3.32. The number of nitrogens with zero attached hydrogens (tertiary/aromatic N) is 3. The van der Waals surface area contributed by atoms with Crippen LogP contribution in [0, 0.1) is 17.1 Å². The SMILES string of the molecule is CN=C(N)C(C)(C)S(=O)(=O)Cc1cc(NC(=O)c2ccc(C#N)cn2)ccc1F. The Kier molecular flexibility index (Phi) is 6.34. The number of halogens is 1. The number of benzene rings is 1. The zero-order valence-electron chi connectivity index (χ0n) is 16.1. The Morgan fingerprint density at radius 3 is 2.59 bits per heavy atom. The van der Waals surface area contributed by atoms with E-state index in [9.17, 15) is 17.6 Å². The second-order valence-corrected chi connectivity index (χ2v) is 9.22. The highest BCUT2D eigenvalue weighted by Gasteiger charge is 2.38. The predicted octanol–water partition coefficient (Wildman–Crippen LogP) is 2.03. The van der Waals surface area contributed by atoms with Crippen LogP contribution in [0.25, 0.3) is 0 Å². The van der Waals surface area contributed by atoms with E-state index in [4.69, 9.17) is 11.0 Å². The molecule has 1 aromatic carbocycles. The van der Waals surface area contributed by atoms with Crippen molar-refractivity contribution in [2.45, 2.75) is 24.3 Å². The van der Waals surface area contributed by atoms with Gasteiger partial charge in [0.15, 0.2) is 9.84 Å². The minimum absolute atomic E-state index is 0.0514. The third kappa shape index (κ3) is 4.75. The molecule has 1 heterocycles. The summed E-state index contributed by atoms with van der Waals surface area (Å²) in [6, 6.07) is 8.31. The molecule has 1 amide bonds. The predicted molar refractivity (Wildman–Crippen MR) is 108 cm³/mol. The van der Waals surface area contributed by atoms with Crippen molar-refractivity contribution in [1.29, 1.82) is 5.26 Å². The number of hydrogen-bond acceptors (Lipinski definition) is 6. The third-order valence-corrected chi connectivity index (χ3v) is 6.86. The zero-order valence-corrected chi connectivity index (χ0v) is 16.9. The molecular weight excluding hydrogens is 397 g/mol. The maximum absolute atomic E-state index is 14.2. The summed E-state index contributed by atoms with van der Waals surface area (Å²) >= 11 is 0. The number of pyridine rings is 1. The quantitative estimate of drug-likeness (QED) is 0.545. The molecule has 0 fully saturated rings. The number of amides is 1. The van der Waals surface area contributed by atoms with E-state index in [1.54, 1.807) is 0 Å². The molecule has 0 atom stereocenters. The van der Waals surface area contributed by atoms with E-state index >= 15 is 0 Å². The Labute approximate surface area is 168 Å². The molecule has 0 saturated carbocycles. The van der Waals surface area contributed by atoms with Crippen LogP contribution in [-0.4, -0.2) is 36.9 Å². The van der Waals surface area contributed by atoms with Crippen molar-refractivity contribution >= 4 is 27.3 Å². The third-order valence-electron chi connectivity index (χ3n) is 4.41. The van der Waals surface area contributed by atoms with Crippen molar-refractivity contribution in [2.24, 2.45) is 10.7 Å². The summed E-state index contributed by atoms with van der Waals surface area (Å²) in [7, 11) is -2.53. The second kappa shape index (κ2) is 8.36. The van der Waals surface area contributed by atoms with E-state index in [2.05, 4.69) is 15.3 Å². The normalized spacial score (nSPS) is 12.3. The molecule has 10 heteroatoms. The Morgan fingerprint density at radius 1 is 1.34 bits per heavy atom. The number of anilines is 1. The van der Waals surface area contributed by atoms with Gasteiger partial charge < -0.3 is 11.1 Å². The Balaban J connectivity index is 2.28. The molecule has 0 aliphatic rings. The minimum Gasteiger partial charge on any atom is -0.386 e. The number of rotatable bonds is 6. The second-order valence-electron chi connectivity index (χ2n) is 6.68. The molecule has 0 aliphatic carbocycles. The number of sulfone groups is 1. The fourth-order valence-electron chi connectivity index (χ4n) is 2.37. The summed E-state index contributed by atoms with van der Waals surface area (Å²) in [5.74, 6) is -2.03. The van der Waals surface area contributed by atoms with E-state index in [1.165, 1.54) is 51.4 Å². The van der Waals surface area contributed by atoms with E-state index in [0.29, 0.717) is 5.56 Å². The van der Waals surface area contributed by atoms with Crippen molar-refractivity contribution in [1.82, 2.24) is 4.98 Å². The van der Waals surface area contributed by atoms with Gasteiger partial charge in [-0.05, 0) is 44.2 Å². The molecule has 0 saturated heterocycles. The number of nitriles is 1. The van der Waals surface area contributed by atoms with Gasteiger partial charge in [-0.15, -0.1) is 0 Å². The number of hydrogen-bond donors (Lipinski definition) is 2. The molecule has 0 aliphatic heterocycles. The molecule has 1 aromatic heterocycles. The smallest absolute Gasteiger partial charge is 0.274 e. The lowest BCUT2D eigenvalue weighted by Gasteiger charge is -2.24. The minimum atomic E-state index is -3.90. The summed E-state index contributed by atoms with van der Waals surface area (Å²) in [5.41, 5.74) is 6.13. The topological polar surface area (TPSA) is 138 Å². The van der Waals surface area contributed by atoms with Crippen LogP contribution < -0.4 is 11.1 Å². The van der Waals surface area contributed by atoms with Gasteiger partial charge in [-0.3, -0.25) is 9.79 Å². The number of carbonyl (C=O) groups is 1. The van der Waals surface area contributed by atoms with Crippen molar-refractivity contribution in [3.05, 3.63) is 59.2 Å². The summed E-state index contributed by atoms with van der Waals surface area (Å²) in [5, 5.41) is 11.3. The van der Waals surface area contributed by atoms with Gasteiger partial charge >= 0.3 is 0 Å². The van der Waals surface area contributed by atoms with Crippen LogP contribution in [0.5, 0.6) is 0 Å². The van der Waals surface area contributed by atoms with Crippen LogP contribution in [0.2, 0.25) is 0 Å². The fraction of sp³-hybridized carbons (Fsp3) is 0.263. The van der Waals surface area contributed by atoms with Crippen molar-refractivity contribution in [3.63, 3.8) is 0 Å². The highest BCUT2D eigenvalue weighted by molar-refractivity contribution is 7.92. The highest BCUT2D eigenvalue weighted by atomic mass is 32.2. The van der Waals surface area contributed by atoms with Crippen LogP contribution >= 0.6 is 0 Å². The molecule has 0 bridgehead atoms. The van der Waals surface area contributed by atoms with Gasteiger partial charge in [-0.1, -0.05) is 0 Å². The van der Waals surface area contributed by atoms with Gasteiger partial charge in [0.1, 0.15) is 28.2 Å². The summed E-state index contributed by atoms with van der Waals surface area (Å²) in [6.45, 7) is 2.79. The number of aromatic nitrogens is 1. The molecule has 8 nitrogen and oxygen atoms in total. The standard InChI is InChI=1S/C19H20FN5O3S/c1-19(2,18(22)23-3)29(27,28)11-13-8-14(5-6-15(13)20)25-17(26)16-7-4-12(9-21)10-24-16/h4-8,10H,11H2,1-3H3,(H2,22,23)(H,25,26). The van der Waals surface area contributed by atoms with Crippen LogP contribution in [0.15, 0.2) is 41.5 Å². The average molecular weight is 417 g/mol. The lowest BCUT2D eigenvalue weighted by Crippen LogP contribution is -2.46. The van der Waals surface area contributed by atoms with Crippen LogP contribution in [0.1, 0.15) is 35.5 Å². The summed E-state index contributed by atoms with van der Waals surface area (Å²) < 4.78 is 38.2. The molecule has 0 spiro atoms. The maximum atomic E-state index is 14.2. The summed E-state index contributed by atoms with van der Waals surface area (Å²) in [6.07, 6.45) is 1.25. The Morgan fingerprint density at radius 2 is 2.03 bits per heavy atom. The van der Waals surface area contributed by atoms with E-state index < -0.39 is 32.1 Å². The number of nitrogens with two attached hydrogens (primary N) is 1. The molecule has 3 N–H and O–H groups in total. The van der Waals surface area contributed by atoms with Crippen molar-refractivity contribution < 1.29 is 17.6 Å². The van der Waals surface area contributed by atoms with Crippen molar-refractivity contribution in [3.8, 4) is 6.07 Å². The molecular formula is C19H20FN5O3S. The number of nitrogens with one attached hydrogen (secondary N) is 1. The Bertz CT molecular complexity index is 1100. The molecule has 0 radical (unpaired) electrons. The van der Waals surface area contributed by atoms with Crippen LogP contribution in [0.4, 0.5) is 10.1 Å². The first-order valence-corrected chi connectivity index (χ1v) is 10.1. The fourth-order valence-corrected chi connectivity index (χ4v) is 3.77. The first-order valence-electron chi connectivity index (χ1n) is 8.43. The van der Waals surface area contributed by atoms with Gasteiger partial charge in [0.05, 0.1) is 11.3 Å². The average Bonchev–Trinajstić information content (AvgIpc) is 2.69. The van der Waals surface area contributed by atoms with Gasteiger partial charge in [-0.2, -0.15) is 5.26 Å². The van der Waals surface area contributed by atoms with Gasteiger partial charge in [0, 0.05) is 24.5 Å². The summed E-state index contributed by atoms with van der Waals surface area (Å²) in [4.78, 5) is 19.9. The molecule has 0 unspecified atom stereocenters. The number of carbonyl (C=O) groups excluding carboxylic acids is 1. The first kappa shape index (κ1) is 22.0. The lowest BCUT2D eigenvalue weighted by molar-refractivity contribution is 0.102. The van der Waals surface area contributed by atoms with E-state index in [0.717, 1.165) is 6.07 Å². The van der Waals surface area contributed by atoms with Crippen LogP contribution in [-0.2, 0) is 15.6 Å². The monoisotopic (exact) mass is 417 g/mol. The van der Waals surface area contributed by atoms with Crippen molar-refractivity contribution in [2.75, 3.05) is 12.4 Å². The van der Waals surface area contributed by atoms with E-state index in [-0.39, 0.29) is 22.8 Å². The van der Waals surface area contributed by atoms with Gasteiger partial charge in [0.2, 0.25) is 0 Å². The maximum Gasteiger partial charge on any atom is 0.274 e. The van der Waals surface area contributed by atoms with E-state index in [1.807, 2.05) is 6.07 Å². The van der Waals surface area contributed by atoms with Crippen LogP contribution in [0.3, 0.4) is 0 Å².